The summed E-state index contributed by atoms with van der Waals surface area (Å²) in [5.41, 5.74) is 1.53. The number of hydrogen-bond acceptors (Lipinski definition) is 5. The number of carbonyl (C=O) groups is 2. The molecule has 0 aliphatic carbocycles. The highest BCUT2D eigenvalue weighted by molar-refractivity contribution is 7.09. The monoisotopic (exact) mass is 348 g/mol. The Hall–Kier alpha value is -2.54. The van der Waals surface area contributed by atoms with E-state index in [1.807, 2.05) is 0 Å². The maximum atomic E-state index is 13.2. The SMILES string of the molecule is CCOC(=O)c1csc(CNC(=O)C=C(C)c2cccc(F)c2)n1. The van der Waals surface area contributed by atoms with Crippen molar-refractivity contribution in [2.75, 3.05) is 6.61 Å². The normalized spacial score (nSPS) is 11.2. The maximum Gasteiger partial charge on any atom is 0.357 e. The number of nitrogens with one attached hydrogen (secondary N) is 1. The van der Waals surface area contributed by atoms with Gasteiger partial charge in [-0.15, -0.1) is 11.3 Å². The summed E-state index contributed by atoms with van der Waals surface area (Å²) in [5.74, 6) is -1.15. The second-order valence-corrected chi connectivity index (χ2v) is 5.85. The molecule has 0 fully saturated rings. The second kappa shape index (κ2) is 8.35. The number of rotatable bonds is 6. The van der Waals surface area contributed by atoms with Crippen molar-refractivity contribution in [2.45, 2.75) is 20.4 Å². The van der Waals surface area contributed by atoms with Gasteiger partial charge in [0.05, 0.1) is 13.2 Å². The lowest BCUT2D eigenvalue weighted by atomic mass is 10.1. The Labute approximate surface area is 143 Å². The third-order valence-corrected chi connectivity index (χ3v) is 3.93. The summed E-state index contributed by atoms with van der Waals surface area (Å²) in [6.07, 6.45) is 1.40. The van der Waals surface area contributed by atoms with Crippen LogP contribution < -0.4 is 5.32 Å². The van der Waals surface area contributed by atoms with E-state index in [4.69, 9.17) is 4.74 Å². The Morgan fingerprint density at radius 2 is 2.21 bits per heavy atom. The van der Waals surface area contributed by atoms with Gasteiger partial charge in [0, 0.05) is 11.5 Å². The van der Waals surface area contributed by atoms with E-state index in [1.54, 1.807) is 31.4 Å². The molecule has 7 heteroatoms. The van der Waals surface area contributed by atoms with Gasteiger partial charge < -0.3 is 10.1 Å². The van der Waals surface area contributed by atoms with Crippen LogP contribution in [0.4, 0.5) is 4.39 Å². The van der Waals surface area contributed by atoms with E-state index >= 15 is 0 Å². The van der Waals surface area contributed by atoms with Gasteiger partial charge in [0.25, 0.3) is 0 Å². The molecule has 1 aromatic carbocycles. The first-order valence-corrected chi connectivity index (χ1v) is 8.21. The fraction of sp³-hybridized carbons (Fsp3) is 0.235. The molecule has 0 aliphatic rings. The number of halogens is 1. The minimum absolute atomic E-state index is 0.204. The number of thiazole rings is 1. The third kappa shape index (κ3) is 4.99. The lowest BCUT2D eigenvalue weighted by Gasteiger charge is -2.03. The molecule has 0 saturated carbocycles. The standard InChI is InChI=1S/C17H17FN2O3S/c1-3-23-17(22)14-10-24-16(20-14)9-19-15(21)7-11(2)12-5-4-6-13(18)8-12/h4-8,10H,3,9H2,1-2H3,(H,19,21). The molecular weight excluding hydrogens is 331 g/mol. The van der Waals surface area contributed by atoms with Crippen molar-refractivity contribution in [3.05, 3.63) is 57.8 Å². The third-order valence-electron chi connectivity index (χ3n) is 3.08. The minimum atomic E-state index is -0.479. The smallest absolute Gasteiger partial charge is 0.357 e. The zero-order valence-corrected chi connectivity index (χ0v) is 14.2. The number of allylic oxidation sites excluding steroid dienone is 1. The zero-order valence-electron chi connectivity index (χ0n) is 13.3. The van der Waals surface area contributed by atoms with Crippen LogP contribution in [0.15, 0.2) is 35.7 Å². The van der Waals surface area contributed by atoms with Gasteiger partial charge in [0.15, 0.2) is 5.69 Å². The molecule has 0 aliphatic heterocycles. The summed E-state index contributed by atoms with van der Waals surface area (Å²) in [4.78, 5) is 27.6. The Morgan fingerprint density at radius 3 is 2.92 bits per heavy atom. The van der Waals surface area contributed by atoms with Crippen molar-refractivity contribution in [1.29, 1.82) is 0 Å². The van der Waals surface area contributed by atoms with Crippen molar-refractivity contribution in [1.82, 2.24) is 10.3 Å². The fourth-order valence-corrected chi connectivity index (χ4v) is 2.62. The average Bonchev–Trinajstić information content (AvgIpc) is 3.02. The summed E-state index contributed by atoms with van der Waals surface area (Å²) in [7, 11) is 0. The molecule has 126 valence electrons. The van der Waals surface area contributed by atoms with Gasteiger partial charge in [-0.3, -0.25) is 4.79 Å². The average molecular weight is 348 g/mol. The summed E-state index contributed by atoms with van der Waals surface area (Å²) in [6, 6.07) is 6.03. The largest absolute Gasteiger partial charge is 0.461 e. The van der Waals surface area contributed by atoms with Crippen LogP contribution in [0.3, 0.4) is 0 Å². The van der Waals surface area contributed by atoms with Gasteiger partial charge in [0.2, 0.25) is 5.91 Å². The highest BCUT2D eigenvalue weighted by Crippen LogP contribution is 2.15. The summed E-state index contributed by atoms with van der Waals surface area (Å²) < 4.78 is 18.0. The predicted molar refractivity (Wildman–Crippen MR) is 90.0 cm³/mol. The van der Waals surface area contributed by atoms with Gasteiger partial charge in [-0.25, -0.2) is 14.2 Å². The molecule has 24 heavy (non-hydrogen) atoms. The van der Waals surface area contributed by atoms with Crippen LogP contribution in [0.5, 0.6) is 0 Å². The maximum absolute atomic E-state index is 13.2. The molecule has 1 amide bonds. The molecule has 0 atom stereocenters. The second-order valence-electron chi connectivity index (χ2n) is 4.90. The number of amides is 1. The van der Waals surface area contributed by atoms with Crippen LogP contribution in [0.2, 0.25) is 0 Å². The topological polar surface area (TPSA) is 68.3 Å². The summed E-state index contributed by atoms with van der Waals surface area (Å²) in [6.45, 7) is 3.94. The van der Waals surface area contributed by atoms with Gasteiger partial charge in [-0.05, 0) is 37.1 Å². The number of benzene rings is 1. The molecule has 0 spiro atoms. The molecule has 1 N–H and O–H groups in total. The van der Waals surface area contributed by atoms with Gasteiger partial charge >= 0.3 is 5.97 Å². The zero-order chi connectivity index (χ0) is 17.5. The highest BCUT2D eigenvalue weighted by Gasteiger charge is 2.11. The molecule has 2 rings (SSSR count). The van der Waals surface area contributed by atoms with Crippen molar-refractivity contribution < 1.29 is 18.7 Å². The van der Waals surface area contributed by atoms with Crippen LogP contribution >= 0.6 is 11.3 Å². The van der Waals surface area contributed by atoms with E-state index < -0.39 is 5.97 Å². The molecule has 0 radical (unpaired) electrons. The molecule has 5 nitrogen and oxygen atoms in total. The van der Waals surface area contributed by atoms with Crippen LogP contribution in [0.1, 0.15) is 34.9 Å². The van der Waals surface area contributed by atoms with Crippen molar-refractivity contribution in [2.24, 2.45) is 0 Å². The van der Waals surface area contributed by atoms with Gasteiger partial charge in [-0.1, -0.05) is 12.1 Å². The lowest BCUT2D eigenvalue weighted by Crippen LogP contribution is -2.20. The molecular formula is C17H17FN2O3S. The van der Waals surface area contributed by atoms with Crippen molar-refractivity contribution in [3.8, 4) is 0 Å². The van der Waals surface area contributed by atoms with Crippen molar-refractivity contribution in [3.63, 3.8) is 0 Å². The fourth-order valence-electron chi connectivity index (χ4n) is 1.92. The minimum Gasteiger partial charge on any atom is -0.461 e. The Balaban J connectivity index is 1.93. The molecule has 1 heterocycles. The van der Waals surface area contributed by atoms with E-state index in [0.29, 0.717) is 16.1 Å². The first-order chi connectivity index (χ1) is 11.5. The number of nitrogens with zero attached hydrogens (tertiary/aromatic N) is 1. The first kappa shape index (κ1) is 17.8. The first-order valence-electron chi connectivity index (χ1n) is 7.33. The van der Waals surface area contributed by atoms with Crippen LogP contribution in [0.25, 0.3) is 5.57 Å². The van der Waals surface area contributed by atoms with E-state index in [0.717, 1.165) is 0 Å². The molecule has 2 aromatic rings. The van der Waals surface area contributed by atoms with E-state index in [1.165, 1.54) is 29.5 Å². The summed E-state index contributed by atoms with van der Waals surface area (Å²) in [5, 5.41) is 4.88. The molecule has 1 aromatic heterocycles. The van der Waals surface area contributed by atoms with Crippen LogP contribution in [-0.4, -0.2) is 23.5 Å². The molecule has 0 saturated heterocycles. The Kier molecular flexibility index (Phi) is 6.20. The quantitative estimate of drug-likeness (QED) is 0.643. The number of ether oxygens (including phenoxy) is 1. The Bertz CT molecular complexity index is 771. The van der Waals surface area contributed by atoms with E-state index in [2.05, 4.69) is 10.3 Å². The van der Waals surface area contributed by atoms with Crippen molar-refractivity contribution >= 4 is 28.8 Å². The number of aromatic nitrogens is 1. The van der Waals surface area contributed by atoms with E-state index in [9.17, 15) is 14.0 Å². The Morgan fingerprint density at radius 1 is 1.42 bits per heavy atom. The van der Waals surface area contributed by atoms with Crippen LogP contribution in [-0.2, 0) is 16.1 Å². The van der Waals surface area contributed by atoms with E-state index in [-0.39, 0.29) is 30.6 Å². The van der Waals surface area contributed by atoms with Crippen LogP contribution in [0, 0.1) is 5.82 Å². The number of carbonyl (C=O) groups excluding carboxylic acids is 2. The molecule has 0 unspecified atom stereocenters. The number of hydrogen-bond donors (Lipinski definition) is 1. The lowest BCUT2D eigenvalue weighted by molar-refractivity contribution is -0.116. The van der Waals surface area contributed by atoms with Gasteiger partial charge in [0.1, 0.15) is 10.8 Å². The van der Waals surface area contributed by atoms with Gasteiger partial charge in [-0.2, -0.15) is 0 Å². The molecule has 0 bridgehead atoms. The highest BCUT2D eigenvalue weighted by atomic mass is 32.1. The summed E-state index contributed by atoms with van der Waals surface area (Å²) >= 11 is 1.27. The predicted octanol–water partition coefficient (Wildman–Crippen LogP) is 3.18. The number of esters is 1.